The summed E-state index contributed by atoms with van der Waals surface area (Å²) in [6, 6.07) is 9.48. The number of benzene rings is 2. The van der Waals surface area contributed by atoms with Crippen LogP contribution in [0.3, 0.4) is 0 Å². The smallest absolute Gasteiger partial charge is 0.305 e. The number of nitro groups is 1. The van der Waals surface area contributed by atoms with E-state index in [1.54, 1.807) is 29.2 Å². The quantitative estimate of drug-likeness (QED) is 0.667. The maximum absolute atomic E-state index is 13.3. The summed E-state index contributed by atoms with van der Waals surface area (Å²) in [5, 5.41) is 13.3. The minimum absolute atomic E-state index is 0.0296. The lowest BCUT2D eigenvalue weighted by Crippen LogP contribution is -2.41. The van der Waals surface area contributed by atoms with Gasteiger partial charge in [-0.3, -0.25) is 19.7 Å². The molecule has 26 heavy (non-hydrogen) atoms. The average Bonchev–Trinajstić information content (AvgIpc) is 2.63. The van der Waals surface area contributed by atoms with Crippen molar-refractivity contribution in [1.82, 2.24) is 0 Å². The number of carbonyl (C=O) groups is 2. The van der Waals surface area contributed by atoms with E-state index in [9.17, 15) is 24.1 Å². The number of nitro benzene ring substituents is 1. The van der Waals surface area contributed by atoms with Gasteiger partial charge in [-0.25, -0.2) is 0 Å². The molecule has 1 aliphatic heterocycles. The molecule has 0 atom stereocenters. The van der Waals surface area contributed by atoms with Crippen LogP contribution in [0.25, 0.3) is 0 Å². The third-order valence-corrected chi connectivity index (χ3v) is 3.83. The van der Waals surface area contributed by atoms with Crippen LogP contribution >= 0.6 is 0 Å². The van der Waals surface area contributed by atoms with E-state index in [1.165, 1.54) is 6.07 Å². The molecule has 2 aromatic carbocycles. The van der Waals surface area contributed by atoms with Crippen LogP contribution in [-0.4, -0.2) is 36.5 Å². The standard InChI is InChI=1S/C17H14FN3O5/c18-14-6-1-11(9-15(14)21(24)25)17(23)19-12-2-4-13(5-3-12)20-7-8-26-10-16(20)22/h1-6,9H,7-8,10H2,(H,19,23). The molecule has 0 radical (unpaired) electrons. The maximum atomic E-state index is 13.3. The minimum atomic E-state index is -1.01. The molecule has 8 nitrogen and oxygen atoms in total. The number of rotatable bonds is 4. The number of nitrogens with one attached hydrogen (secondary N) is 1. The summed E-state index contributed by atoms with van der Waals surface area (Å²) in [6.45, 7) is 0.930. The molecular weight excluding hydrogens is 345 g/mol. The molecule has 0 bridgehead atoms. The molecule has 9 heteroatoms. The maximum Gasteiger partial charge on any atom is 0.305 e. The summed E-state index contributed by atoms with van der Waals surface area (Å²) in [6.07, 6.45) is 0. The third-order valence-electron chi connectivity index (χ3n) is 3.83. The average molecular weight is 359 g/mol. The van der Waals surface area contributed by atoms with E-state index < -0.39 is 22.3 Å². The number of amides is 2. The summed E-state index contributed by atoms with van der Waals surface area (Å²) in [5.74, 6) is -1.76. The van der Waals surface area contributed by atoms with Crippen LogP contribution in [-0.2, 0) is 9.53 Å². The van der Waals surface area contributed by atoms with Crippen molar-refractivity contribution in [3.8, 4) is 0 Å². The van der Waals surface area contributed by atoms with Gasteiger partial charge in [0, 0.05) is 29.5 Å². The first-order chi connectivity index (χ1) is 12.5. The number of morpholine rings is 1. The second-order valence-electron chi connectivity index (χ2n) is 5.52. The highest BCUT2D eigenvalue weighted by Crippen LogP contribution is 2.22. The fraction of sp³-hybridized carbons (Fsp3) is 0.176. The molecule has 1 aliphatic rings. The van der Waals surface area contributed by atoms with E-state index in [0.29, 0.717) is 24.5 Å². The van der Waals surface area contributed by atoms with Gasteiger partial charge in [0.1, 0.15) is 6.61 Å². The molecule has 0 unspecified atom stereocenters. The van der Waals surface area contributed by atoms with E-state index in [-0.39, 0.29) is 18.1 Å². The summed E-state index contributed by atoms with van der Waals surface area (Å²) >= 11 is 0. The van der Waals surface area contributed by atoms with Crippen molar-refractivity contribution in [2.45, 2.75) is 0 Å². The minimum Gasteiger partial charge on any atom is -0.370 e. The molecule has 1 fully saturated rings. The van der Waals surface area contributed by atoms with Gasteiger partial charge in [-0.2, -0.15) is 4.39 Å². The van der Waals surface area contributed by atoms with Gasteiger partial charge in [0.25, 0.3) is 11.8 Å². The Hall–Kier alpha value is -3.33. The largest absolute Gasteiger partial charge is 0.370 e. The molecule has 0 spiro atoms. The number of ether oxygens (including phenoxy) is 1. The van der Waals surface area contributed by atoms with Crippen LogP contribution in [0.1, 0.15) is 10.4 Å². The van der Waals surface area contributed by atoms with E-state index in [2.05, 4.69) is 5.32 Å². The second-order valence-corrected chi connectivity index (χ2v) is 5.52. The summed E-state index contributed by atoms with van der Waals surface area (Å²) in [5.41, 5.74) is 0.310. The Morgan fingerprint density at radius 1 is 1.23 bits per heavy atom. The first-order valence-electron chi connectivity index (χ1n) is 7.69. The molecule has 0 aromatic heterocycles. The molecule has 3 rings (SSSR count). The van der Waals surface area contributed by atoms with Crippen molar-refractivity contribution >= 4 is 28.9 Å². The normalized spacial score (nSPS) is 14.2. The Morgan fingerprint density at radius 2 is 1.96 bits per heavy atom. The lowest BCUT2D eigenvalue weighted by molar-refractivity contribution is -0.387. The Balaban J connectivity index is 1.73. The lowest BCUT2D eigenvalue weighted by atomic mass is 10.1. The second kappa shape index (κ2) is 7.28. The third kappa shape index (κ3) is 3.67. The number of carbonyl (C=O) groups excluding carboxylic acids is 2. The van der Waals surface area contributed by atoms with Crippen LogP contribution in [0.4, 0.5) is 21.5 Å². The first-order valence-corrected chi connectivity index (χ1v) is 7.69. The van der Waals surface area contributed by atoms with Gasteiger partial charge in [-0.1, -0.05) is 0 Å². The van der Waals surface area contributed by atoms with Crippen molar-refractivity contribution in [2.75, 3.05) is 30.0 Å². The highest BCUT2D eigenvalue weighted by atomic mass is 19.1. The van der Waals surface area contributed by atoms with Gasteiger partial charge < -0.3 is 15.0 Å². The van der Waals surface area contributed by atoms with Crippen LogP contribution in [0.2, 0.25) is 0 Å². The Bertz CT molecular complexity index is 869. The Morgan fingerprint density at radius 3 is 2.62 bits per heavy atom. The molecule has 134 valence electrons. The number of anilines is 2. The molecule has 1 saturated heterocycles. The van der Waals surface area contributed by atoms with E-state index in [1.807, 2.05) is 0 Å². The fourth-order valence-corrected chi connectivity index (χ4v) is 2.51. The summed E-state index contributed by atoms with van der Waals surface area (Å²) in [4.78, 5) is 35.5. The number of hydrogen-bond acceptors (Lipinski definition) is 5. The zero-order valence-corrected chi connectivity index (χ0v) is 13.5. The predicted molar refractivity (Wildman–Crippen MR) is 90.6 cm³/mol. The molecule has 2 amide bonds. The highest BCUT2D eigenvalue weighted by Gasteiger charge is 2.20. The van der Waals surface area contributed by atoms with Crippen molar-refractivity contribution < 1.29 is 23.6 Å². The van der Waals surface area contributed by atoms with Gasteiger partial charge in [0.15, 0.2) is 0 Å². The van der Waals surface area contributed by atoms with Gasteiger partial charge in [-0.15, -0.1) is 0 Å². The highest BCUT2D eigenvalue weighted by molar-refractivity contribution is 6.04. The molecular formula is C17H14FN3O5. The van der Waals surface area contributed by atoms with E-state index in [0.717, 1.165) is 12.1 Å². The molecule has 0 aliphatic carbocycles. The van der Waals surface area contributed by atoms with Crippen molar-refractivity contribution in [3.05, 3.63) is 64.0 Å². The number of halogens is 1. The van der Waals surface area contributed by atoms with Crippen LogP contribution < -0.4 is 10.2 Å². The van der Waals surface area contributed by atoms with E-state index >= 15 is 0 Å². The molecule has 1 N–H and O–H groups in total. The van der Waals surface area contributed by atoms with Gasteiger partial charge in [0.2, 0.25) is 5.82 Å². The lowest BCUT2D eigenvalue weighted by Gasteiger charge is -2.26. The molecule has 2 aromatic rings. The van der Waals surface area contributed by atoms with Crippen LogP contribution in [0.5, 0.6) is 0 Å². The SMILES string of the molecule is O=C(Nc1ccc(N2CCOCC2=O)cc1)c1ccc(F)c([N+](=O)[O-])c1. The monoisotopic (exact) mass is 359 g/mol. The summed E-state index contributed by atoms with van der Waals surface area (Å²) < 4.78 is 18.4. The number of nitrogens with zero attached hydrogens (tertiary/aromatic N) is 2. The Labute approximate surface area is 147 Å². The molecule has 0 saturated carbocycles. The topological polar surface area (TPSA) is 102 Å². The van der Waals surface area contributed by atoms with E-state index in [4.69, 9.17) is 4.74 Å². The summed E-state index contributed by atoms with van der Waals surface area (Å²) in [7, 11) is 0. The first kappa shape index (κ1) is 17.5. The fourth-order valence-electron chi connectivity index (χ4n) is 2.51. The van der Waals surface area contributed by atoms with Gasteiger partial charge in [0.05, 0.1) is 11.5 Å². The van der Waals surface area contributed by atoms with Crippen molar-refractivity contribution in [1.29, 1.82) is 0 Å². The van der Waals surface area contributed by atoms with Crippen molar-refractivity contribution in [2.24, 2.45) is 0 Å². The van der Waals surface area contributed by atoms with Crippen molar-refractivity contribution in [3.63, 3.8) is 0 Å². The van der Waals surface area contributed by atoms with Crippen LogP contribution in [0.15, 0.2) is 42.5 Å². The van der Waals surface area contributed by atoms with Gasteiger partial charge in [-0.05, 0) is 36.4 Å². The zero-order valence-electron chi connectivity index (χ0n) is 13.5. The predicted octanol–water partition coefficient (Wildman–Crippen LogP) is 2.35. The Kier molecular flexibility index (Phi) is 4.90. The van der Waals surface area contributed by atoms with Gasteiger partial charge >= 0.3 is 5.69 Å². The van der Waals surface area contributed by atoms with Crippen LogP contribution in [0, 0.1) is 15.9 Å². The number of hydrogen-bond donors (Lipinski definition) is 1. The zero-order chi connectivity index (χ0) is 18.7. The molecule has 1 heterocycles.